The summed E-state index contributed by atoms with van der Waals surface area (Å²) in [5.74, 6) is 0.0350. The number of fused-ring (bicyclic) bond motifs is 1. The first-order valence-electron chi connectivity index (χ1n) is 5.90. The van der Waals surface area contributed by atoms with E-state index in [9.17, 15) is 8.42 Å². The van der Waals surface area contributed by atoms with Crippen molar-refractivity contribution in [3.8, 4) is 0 Å². The van der Waals surface area contributed by atoms with Crippen LogP contribution in [0.1, 0.15) is 6.92 Å². The van der Waals surface area contributed by atoms with Gasteiger partial charge in [-0.15, -0.1) is 11.6 Å². The van der Waals surface area contributed by atoms with Gasteiger partial charge in [0.25, 0.3) is 0 Å². The van der Waals surface area contributed by atoms with Crippen LogP contribution in [-0.2, 0) is 10.0 Å². The molecule has 0 aliphatic heterocycles. The zero-order valence-electron chi connectivity index (χ0n) is 10.7. The van der Waals surface area contributed by atoms with E-state index in [1.54, 1.807) is 31.2 Å². The summed E-state index contributed by atoms with van der Waals surface area (Å²) in [6.07, 6.45) is 0. The van der Waals surface area contributed by atoms with Crippen LogP contribution in [0.2, 0.25) is 5.15 Å². The minimum Gasteiger partial charge on any atom is -0.265 e. The van der Waals surface area contributed by atoms with E-state index in [4.69, 9.17) is 23.2 Å². The molecule has 1 atom stereocenters. The summed E-state index contributed by atoms with van der Waals surface area (Å²) in [7, 11) is -3.56. The topological polar surface area (TPSA) is 72.0 Å². The lowest BCUT2D eigenvalue weighted by Crippen LogP contribution is -2.23. The van der Waals surface area contributed by atoms with Crippen LogP contribution in [0.15, 0.2) is 24.3 Å². The maximum atomic E-state index is 12.0. The van der Waals surface area contributed by atoms with E-state index in [0.717, 1.165) is 0 Å². The van der Waals surface area contributed by atoms with Gasteiger partial charge in [-0.05, 0) is 18.1 Å². The average molecular weight is 334 g/mol. The molecule has 108 valence electrons. The lowest BCUT2D eigenvalue weighted by atomic mass is 10.3. The van der Waals surface area contributed by atoms with Crippen LogP contribution in [-0.4, -0.2) is 30.0 Å². The Morgan fingerprint density at radius 3 is 2.45 bits per heavy atom. The molecule has 1 aromatic heterocycles. The zero-order valence-corrected chi connectivity index (χ0v) is 13.0. The van der Waals surface area contributed by atoms with Gasteiger partial charge >= 0.3 is 0 Å². The molecule has 1 aromatic carbocycles. The van der Waals surface area contributed by atoms with Crippen LogP contribution < -0.4 is 4.72 Å². The molecule has 1 unspecified atom stereocenters. The number of aromatic nitrogens is 2. The number of hydrogen-bond donors (Lipinski definition) is 1. The van der Waals surface area contributed by atoms with Gasteiger partial charge in [-0.25, -0.2) is 18.4 Å². The normalized spacial score (nSPS) is 13.3. The van der Waals surface area contributed by atoms with Crippen molar-refractivity contribution in [1.82, 2.24) is 9.97 Å². The largest absolute Gasteiger partial charge is 0.265 e. The van der Waals surface area contributed by atoms with Crippen LogP contribution in [0, 0.1) is 5.92 Å². The van der Waals surface area contributed by atoms with Crippen LogP contribution in [0.4, 0.5) is 5.82 Å². The van der Waals surface area contributed by atoms with Gasteiger partial charge in [0.05, 0.1) is 16.8 Å². The zero-order chi connectivity index (χ0) is 14.8. The molecule has 1 N–H and O–H groups in total. The number of benzene rings is 1. The molecule has 1 heterocycles. The number of anilines is 1. The summed E-state index contributed by atoms with van der Waals surface area (Å²) in [5.41, 5.74) is 1.18. The summed E-state index contributed by atoms with van der Waals surface area (Å²) < 4.78 is 26.3. The Balaban J connectivity index is 2.31. The maximum Gasteiger partial charge on any atom is 0.234 e. The van der Waals surface area contributed by atoms with Gasteiger partial charge in [-0.2, -0.15) is 0 Å². The van der Waals surface area contributed by atoms with E-state index in [1.165, 1.54) is 0 Å². The van der Waals surface area contributed by atoms with Crippen molar-refractivity contribution in [1.29, 1.82) is 0 Å². The maximum absolute atomic E-state index is 12.0. The smallest absolute Gasteiger partial charge is 0.234 e. The predicted molar refractivity (Wildman–Crippen MR) is 81.8 cm³/mol. The van der Waals surface area contributed by atoms with E-state index in [-0.39, 0.29) is 28.5 Å². The standard InChI is InChI=1S/C12H13Cl2N3O2S/c1-8(6-13)7-20(18,19)17-12-11(14)15-9-4-2-3-5-10(9)16-12/h2-5,8H,6-7H2,1H3,(H,16,17). The van der Waals surface area contributed by atoms with Crippen molar-refractivity contribution in [3.05, 3.63) is 29.4 Å². The van der Waals surface area contributed by atoms with E-state index in [1.807, 2.05) is 0 Å². The Bertz CT molecular complexity index is 722. The minimum absolute atomic E-state index is 0.0193. The number of rotatable bonds is 5. The van der Waals surface area contributed by atoms with Gasteiger partial charge in [0.1, 0.15) is 0 Å². The Morgan fingerprint density at radius 2 is 1.85 bits per heavy atom. The Labute approximate surface area is 127 Å². The van der Waals surface area contributed by atoms with Crippen LogP contribution in [0.5, 0.6) is 0 Å². The second-order valence-electron chi connectivity index (χ2n) is 4.49. The molecule has 2 aromatic rings. The molecule has 0 bridgehead atoms. The molecule has 20 heavy (non-hydrogen) atoms. The summed E-state index contributed by atoms with van der Waals surface area (Å²) in [5, 5.41) is 0.0193. The fourth-order valence-electron chi connectivity index (χ4n) is 1.65. The SMILES string of the molecule is CC(CCl)CS(=O)(=O)Nc1nc2ccccc2nc1Cl. The Morgan fingerprint density at radius 1 is 1.25 bits per heavy atom. The Hall–Kier alpha value is -1.11. The van der Waals surface area contributed by atoms with Crippen LogP contribution >= 0.6 is 23.2 Å². The molecular weight excluding hydrogens is 321 g/mol. The van der Waals surface area contributed by atoms with Crippen molar-refractivity contribution < 1.29 is 8.42 Å². The fraction of sp³-hybridized carbons (Fsp3) is 0.333. The quantitative estimate of drug-likeness (QED) is 0.854. The van der Waals surface area contributed by atoms with Crippen molar-refractivity contribution >= 4 is 50.1 Å². The van der Waals surface area contributed by atoms with Crippen molar-refractivity contribution in [2.24, 2.45) is 5.92 Å². The molecule has 8 heteroatoms. The number of nitrogens with zero attached hydrogens (tertiary/aromatic N) is 2. The molecule has 0 aliphatic rings. The first kappa shape index (κ1) is 15.3. The molecule has 0 aliphatic carbocycles. The average Bonchev–Trinajstić information content (AvgIpc) is 2.38. The monoisotopic (exact) mass is 333 g/mol. The van der Waals surface area contributed by atoms with Gasteiger partial charge in [0.15, 0.2) is 11.0 Å². The van der Waals surface area contributed by atoms with Gasteiger partial charge in [0, 0.05) is 5.88 Å². The van der Waals surface area contributed by atoms with Crippen molar-refractivity contribution in [3.63, 3.8) is 0 Å². The fourth-order valence-corrected chi connectivity index (χ4v) is 3.51. The molecule has 0 saturated carbocycles. The van der Waals surface area contributed by atoms with Crippen LogP contribution in [0.3, 0.4) is 0 Å². The summed E-state index contributed by atoms with van der Waals surface area (Å²) in [6.45, 7) is 1.75. The second kappa shape index (κ2) is 6.11. The predicted octanol–water partition coefficient (Wildman–Crippen LogP) is 2.90. The molecule has 0 saturated heterocycles. The summed E-state index contributed by atoms with van der Waals surface area (Å²) >= 11 is 11.6. The number of hydrogen-bond acceptors (Lipinski definition) is 4. The molecule has 5 nitrogen and oxygen atoms in total. The molecule has 0 amide bonds. The van der Waals surface area contributed by atoms with Crippen molar-refractivity contribution in [2.75, 3.05) is 16.4 Å². The van der Waals surface area contributed by atoms with Crippen LogP contribution in [0.25, 0.3) is 11.0 Å². The number of para-hydroxylation sites is 2. The summed E-state index contributed by atoms with van der Waals surface area (Å²) in [6, 6.07) is 7.08. The highest BCUT2D eigenvalue weighted by Crippen LogP contribution is 2.22. The summed E-state index contributed by atoms with van der Waals surface area (Å²) in [4.78, 5) is 8.28. The highest BCUT2D eigenvalue weighted by Gasteiger charge is 2.18. The Kier molecular flexibility index (Phi) is 4.67. The third kappa shape index (κ3) is 3.71. The third-order valence-corrected chi connectivity index (χ3v) is 4.85. The number of nitrogens with one attached hydrogen (secondary N) is 1. The highest BCUT2D eigenvalue weighted by molar-refractivity contribution is 7.92. The number of sulfonamides is 1. The van der Waals surface area contributed by atoms with E-state index in [0.29, 0.717) is 11.0 Å². The molecule has 0 fully saturated rings. The van der Waals surface area contributed by atoms with Crippen molar-refractivity contribution in [2.45, 2.75) is 6.92 Å². The highest BCUT2D eigenvalue weighted by atomic mass is 35.5. The second-order valence-corrected chi connectivity index (χ2v) is 6.93. The van der Waals surface area contributed by atoms with Gasteiger partial charge < -0.3 is 0 Å². The first-order chi connectivity index (χ1) is 9.41. The molecule has 2 rings (SSSR count). The number of alkyl halides is 1. The minimum atomic E-state index is -3.56. The molecule has 0 spiro atoms. The first-order valence-corrected chi connectivity index (χ1v) is 8.46. The lowest BCUT2D eigenvalue weighted by molar-refractivity contribution is 0.588. The van der Waals surface area contributed by atoms with E-state index < -0.39 is 10.0 Å². The van der Waals surface area contributed by atoms with E-state index >= 15 is 0 Å². The lowest BCUT2D eigenvalue weighted by Gasteiger charge is -2.11. The molecule has 0 radical (unpaired) electrons. The third-order valence-electron chi connectivity index (χ3n) is 2.55. The van der Waals surface area contributed by atoms with E-state index in [2.05, 4.69) is 14.7 Å². The van der Waals surface area contributed by atoms with Gasteiger partial charge in [-0.3, -0.25) is 4.72 Å². The molecular formula is C12H13Cl2N3O2S. The van der Waals surface area contributed by atoms with Gasteiger partial charge in [-0.1, -0.05) is 30.7 Å². The number of halogens is 2. The van der Waals surface area contributed by atoms with Gasteiger partial charge in [0.2, 0.25) is 10.0 Å².